The van der Waals surface area contributed by atoms with Crippen molar-refractivity contribution in [2.24, 2.45) is 11.2 Å². The maximum atomic E-state index is 11.6. The van der Waals surface area contributed by atoms with Crippen molar-refractivity contribution in [1.82, 2.24) is 15.2 Å². The molecule has 5 atom stereocenters. The molecule has 0 bridgehead atoms. The monoisotopic (exact) mass is 588 g/mol. The molecule has 2 aliphatic heterocycles. The number of halogens is 2. The van der Waals surface area contributed by atoms with Gasteiger partial charge in [-0.05, 0) is 72.5 Å². The van der Waals surface area contributed by atoms with Crippen LogP contribution in [0.4, 0.5) is 4.79 Å². The molecule has 0 radical (unpaired) electrons. The van der Waals surface area contributed by atoms with Crippen molar-refractivity contribution in [3.8, 4) is 0 Å². The minimum absolute atomic E-state index is 0. The number of hydrogen-bond acceptors (Lipinski definition) is 10. The fourth-order valence-corrected chi connectivity index (χ4v) is 4.78. The van der Waals surface area contributed by atoms with Crippen molar-refractivity contribution in [2.75, 3.05) is 46.3 Å². The topological polar surface area (TPSA) is 142 Å². The van der Waals surface area contributed by atoms with Crippen LogP contribution >= 0.6 is 24.0 Å². The van der Waals surface area contributed by atoms with E-state index in [1.54, 1.807) is 0 Å². The molecule has 0 aromatic carbocycles. The lowest BCUT2D eigenvalue weighted by Crippen LogP contribution is -2.44. The maximum absolute atomic E-state index is 11.6. The third-order valence-electron chi connectivity index (χ3n) is 6.63. The van der Waals surface area contributed by atoms with Gasteiger partial charge in [-0.2, -0.15) is 5.01 Å². The van der Waals surface area contributed by atoms with Crippen molar-refractivity contribution in [1.29, 1.82) is 0 Å². The van der Waals surface area contributed by atoms with Crippen LogP contribution < -0.4 is 5.32 Å². The second-order valence-electron chi connectivity index (χ2n) is 10.6. The Hall–Kier alpha value is -0.830. The number of nitrogens with zero attached hydrogens (tertiary/aromatic N) is 3. The average Bonchev–Trinajstić information content (AvgIpc) is 3.33. The number of carbonyl (C=O) groups is 1. The zero-order valence-corrected chi connectivity index (χ0v) is 24.7. The Bertz CT molecular complexity index is 700. The summed E-state index contributed by atoms with van der Waals surface area (Å²) in [6.07, 6.45) is 2.01. The van der Waals surface area contributed by atoms with Crippen LogP contribution in [0, 0.1) is 10.8 Å². The van der Waals surface area contributed by atoms with Gasteiger partial charge in [0.1, 0.15) is 24.4 Å². The highest BCUT2D eigenvalue weighted by Gasteiger charge is 2.56. The summed E-state index contributed by atoms with van der Waals surface area (Å²) in [5.41, 5.74) is 0. The molecule has 2 amide bonds. The normalized spacial score (nSPS) is 30.4. The highest BCUT2D eigenvalue weighted by Crippen LogP contribution is 2.39. The minimum Gasteiger partial charge on any atom is -0.394 e. The van der Waals surface area contributed by atoms with Crippen molar-refractivity contribution in [2.45, 2.75) is 95.4 Å². The number of nitroso groups, excluding NO2 is 1. The molecule has 0 aromatic heterocycles. The second-order valence-corrected chi connectivity index (χ2v) is 11.0. The minimum atomic E-state index is -1.01. The first kappa shape index (κ1) is 35.2. The largest absolute Gasteiger partial charge is 0.394 e. The summed E-state index contributed by atoms with van der Waals surface area (Å²) < 4.78 is 23.0. The Labute approximate surface area is 237 Å². The molecule has 1 aliphatic carbocycles. The van der Waals surface area contributed by atoms with Crippen LogP contribution in [0.15, 0.2) is 5.29 Å². The van der Waals surface area contributed by atoms with Gasteiger partial charge in [-0.1, -0.05) is 6.92 Å². The van der Waals surface area contributed by atoms with Gasteiger partial charge in [0, 0.05) is 18.5 Å². The number of urea groups is 1. The molecule has 12 nitrogen and oxygen atoms in total. The first-order chi connectivity index (χ1) is 17.5. The summed E-state index contributed by atoms with van der Waals surface area (Å²) in [6.45, 7) is 7.06. The number of aliphatic hydroxyl groups is 2. The molecule has 14 heteroatoms. The van der Waals surface area contributed by atoms with E-state index in [4.69, 9.17) is 35.7 Å². The van der Waals surface area contributed by atoms with Crippen molar-refractivity contribution in [3.05, 3.63) is 4.91 Å². The van der Waals surface area contributed by atoms with E-state index in [-0.39, 0.29) is 43.6 Å². The summed E-state index contributed by atoms with van der Waals surface area (Å²) in [4.78, 5) is 24.0. The first-order valence-electron chi connectivity index (χ1n) is 13.0. The zero-order chi connectivity index (χ0) is 27.6. The molecule has 3 rings (SSSR count). The standard InChI is InChI=1S/C14H27NO6.C10H18ClN3O2.ClH/c1-14(2)20-12-11(18-7-5-6-15(3)4)10(9(17)8-16)19-13(12)21-14;1-8-2-4-9(5-3-8)12-10(15)14(13-16)7-6-11;/h9-13,16-17H,5-8H2,1-4H3;8-9H,2-7H2,1H3,(H,12,15);1H. The summed E-state index contributed by atoms with van der Waals surface area (Å²) >= 11 is 5.46. The summed E-state index contributed by atoms with van der Waals surface area (Å²) in [5, 5.41) is 25.3. The third kappa shape index (κ3) is 11.0. The third-order valence-corrected chi connectivity index (χ3v) is 6.80. The Balaban J connectivity index is 0.000000384. The Kier molecular flexibility index (Phi) is 15.8. The van der Waals surface area contributed by atoms with E-state index in [1.807, 2.05) is 27.9 Å². The van der Waals surface area contributed by atoms with Gasteiger partial charge in [-0.25, -0.2) is 4.79 Å². The molecule has 2 heterocycles. The van der Waals surface area contributed by atoms with E-state index in [9.17, 15) is 14.8 Å². The van der Waals surface area contributed by atoms with Gasteiger partial charge in [0.05, 0.1) is 18.4 Å². The summed E-state index contributed by atoms with van der Waals surface area (Å²) in [7, 11) is 4.01. The molecular weight excluding hydrogens is 543 g/mol. The van der Waals surface area contributed by atoms with Gasteiger partial charge >= 0.3 is 6.03 Å². The number of amides is 2. The number of aliphatic hydroxyl groups excluding tert-OH is 2. The SMILES string of the molecule is CC1CCC(NC(=O)N(CCCl)N=O)CC1.CN(C)CCCOC1C(C(O)CO)OC2OC(C)(C)OC21.Cl. The fraction of sp³-hybridized carbons (Fsp3) is 0.958. The summed E-state index contributed by atoms with van der Waals surface area (Å²) in [6, 6.07) is -0.265. The number of hydrogen-bond donors (Lipinski definition) is 3. The molecule has 0 spiro atoms. The highest BCUT2D eigenvalue weighted by molar-refractivity contribution is 6.18. The quantitative estimate of drug-likeness (QED) is 0.143. The smallest absolute Gasteiger partial charge is 0.340 e. The molecule has 1 saturated carbocycles. The van der Waals surface area contributed by atoms with Gasteiger partial charge in [0.2, 0.25) is 0 Å². The van der Waals surface area contributed by atoms with Crippen molar-refractivity contribution >= 4 is 30.0 Å². The predicted molar refractivity (Wildman–Crippen MR) is 145 cm³/mol. The van der Waals surface area contributed by atoms with Gasteiger partial charge in [-0.3, -0.25) is 0 Å². The second kappa shape index (κ2) is 17.1. The number of carbonyl (C=O) groups excluding carboxylic acids is 1. The molecule has 5 unspecified atom stereocenters. The van der Waals surface area contributed by atoms with Crippen LogP contribution in [-0.4, -0.2) is 115 Å². The van der Waals surface area contributed by atoms with Crippen LogP contribution in [-0.2, 0) is 18.9 Å². The molecule has 38 heavy (non-hydrogen) atoms. The lowest BCUT2D eigenvalue weighted by Gasteiger charge is -2.28. The molecule has 3 N–H and O–H groups in total. The van der Waals surface area contributed by atoms with Crippen molar-refractivity contribution in [3.63, 3.8) is 0 Å². The van der Waals surface area contributed by atoms with Crippen LogP contribution in [0.1, 0.15) is 52.9 Å². The number of fused-ring (bicyclic) bond motifs is 1. The van der Waals surface area contributed by atoms with Crippen LogP contribution in [0.5, 0.6) is 0 Å². The first-order valence-corrected chi connectivity index (χ1v) is 13.6. The van der Waals surface area contributed by atoms with Crippen molar-refractivity contribution < 1.29 is 34.0 Å². The van der Waals surface area contributed by atoms with E-state index >= 15 is 0 Å². The molecule has 224 valence electrons. The van der Waals surface area contributed by atoms with E-state index in [0.29, 0.717) is 6.61 Å². The zero-order valence-electron chi connectivity index (χ0n) is 23.1. The molecule has 0 aromatic rings. The average molecular weight is 590 g/mol. The van der Waals surface area contributed by atoms with E-state index in [0.717, 1.165) is 49.6 Å². The predicted octanol–water partition coefficient (Wildman–Crippen LogP) is 2.47. The van der Waals surface area contributed by atoms with Crippen LogP contribution in [0.2, 0.25) is 0 Å². The van der Waals surface area contributed by atoms with Gasteiger partial charge in [-0.15, -0.1) is 28.9 Å². The highest BCUT2D eigenvalue weighted by atomic mass is 35.5. The Morgan fingerprint density at radius 3 is 2.42 bits per heavy atom. The number of rotatable bonds is 11. The van der Waals surface area contributed by atoms with Gasteiger partial charge < -0.3 is 39.4 Å². The fourth-order valence-electron chi connectivity index (χ4n) is 4.62. The summed E-state index contributed by atoms with van der Waals surface area (Å²) in [5.74, 6) is 0.215. The molecule has 3 fully saturated rings. The Morgan fingerprint density at radius 2 is 1.87 bits per heavy atom. The van der Waals surface area contributed by atoms with Gasteiger partial charge in [0.25, 0.3) is 0 Å². The van der Waals surface area contributed by atoms with Gasteiger partial charge in [0.15, 0.2) is 12.1 Å². The lowest BCUT2D eigenvalue weighted by molar-refractivity contribution is -0.231. The number of alkyl halides is 1. The number of nitrogens with one attached hydrogen (secondary N) is 1. The van der Waals surface area contributed by atoms with Crippen LogP contribution in [0.25, 0.3) is 0 Å². The number of ether oxygens (including phenoxy) is 4. The van der Waals surface area contributed by atoms with E-state index in [2.05, 4.69) is 22.4 Å². The Morgan fingerprint density at radius 1 is 1.21 bits per heavy atom. The molecule has 3 aliphatic rings. The van der Waals surface area contributed by atoms with Crippen LogP contribution in [0.3, 0.4) is 0 Å². The molecule has 2 saturated heterocycles. The molecular formula is C24H46Cl2N4O8. The van der Waals surface area contributed by atoms with E-state index in [1.165, 1.54) is 0 Å². The lowest BCUT2D eigenvalue weighted by atomic mass is 9.87. The maximum Gasteiger partial charge on any atom is 0.340 e. The van der Waals surface area contributed by atoms with E-state index < -0.39 is 36.4 Å².